The minimum atomic E-state index is -1.37. The maximum atomic E-state index is 11.9. The van der Waals surface area contributed by atoms with Gasteiger partial charge in [0, 0.05) is 0 Å². The van der Waals surface area contributed by atoms with Gasteiger partial charge in [-0.15, -0.1) is 0 Å². The molecular weight excluding hydrogens is 366 g/mol. The predicted molar refractivity (Wildman–Crippen MR) is 102 cm³/mol. The van der Waals surface area contributed by atoms with Crippen molar-refractivity contribution in [3.63, 3.8) is 0 Å². The number of hydrogen-bond acceptors (Lipinski definition) is 6. The Bertz CT molecular complexity index is 897. The number of methoxy groups -OCH3 is 2. The van der Waals surface area contributed by atoms with E-state index < -0.39 is 11.9 Å². The molecule has 0 fully saturated rings. The predicted octanol–water partition coefficient (Wildman–Crippen LogP) is 2.15. The Hall–Kier alpha value is -3.94. The Balaban J connectivity index is 2.60. The number of rotatable bonds is 7. The zero-order valence-electron chi connectivity index (χ0n) is 15.2. The highest BCUT2D eigenvalue weighted by atomic mass is 16.5. The van der Waals surface area contributed by atoms with Gasteiger partial charge in [0.15, 0.2) is 23.0 Å². The fourth-order valence-corrected chi connectivity index (χ4v) is 2.44. The number of carbonyl (C=O) groups excluding carboxylic acids is 1. The number of nitrogens with two attached hydrogens (primary N) is 1. The number of primary amides is 1. The zero-order chi connectivity index (χ0) is 20.8. The number of amides is 1. The van der Waals surface area contributed by atoms with Crippen LogP contribution in [0.5, 0.6) is 23.0 Å². The second-order valence-electron chi connectivity index (χ2n) is 5.65. The second-order valence-corrected chi connectivity index (χ2v) is 5.65. The fraction of sp³-hybridized carbons (Fsp3) is 0.100. The van der Waals surface area contributed by atoms with Crippen LogP contribution >= 0.6 is 0 Å². The molecule has 2 aromatic carbocycles. The molecule has 2 aromatic rings. The van der Waals surface area contributed by atoms with E-state index in [-0.39, 0.29) is 34.1 Å². The van der Waals surface area contributed by atoms with Crippen LogP contribution in [-0.2, 0) is 9.59 Å². The number of phenolic OH excluding ortho intramolecular Hbond substituents is 2. The summed E-state index contributed by atoms with van der Waals surface area (Å²) in [6.07, 6.45) is 2.51. The molecule has 0 aromatic heterocycles. The molecule has 0 saturated heterocycles. The van der Waals surface area contributed by atoms with E-state index in [0.717, 1.165) is 0 Å². The molecule has 0 unspecified atom stereocenters. The van der Waals surface area contributed by atoms with Gasteiger partial charge in [0.05, 0.1) is 25.4 Å². The molecule has 0 atom stereocenters. The van der Waals surface area contributed by atoms with Crippen molar-refractivity contribution in [3.8, 4) is 23.0 Å². The lowest BCUT2D eigenvalue weighted by Crippen LogP contribution is -2.19. The molecule has 1 amide bonds. The van der Waals surface area contributed by atoms with E-state index in [1.54, 1.807) is 0 Å². The summed E-state index contributed by atoms with van der Waals surface area (Å²) in [5.41, 5.74) is 5.57. The topological polar surface area (TPSA) is 139 Å². The van der Waals surface area contributed by atoms with Gasteiger partial charge in [-0.2, -0.15) is 0 Å². The van der Waals surface area contributed by atoms with Crippen LogP contribution in [0.1, 0.15) is 11.1 Å². The quantitative estimate of drug-likeness (QED) is 0.423. The molecule has 28 heavy (non-hydrogen) atoms. The van der Waals surface area contributed by atoms with Gasteiger partial charge in [-0.3, -0.25) is 4.79 Å². The normalized spacial score (nSPS) is 11.8. The van der Waals surface area contributed by atoms with E-state index in [1.165, 1.54) is 62.8 Å². The molecular formula is C20H19NO7. The highest BCUT2D eigenvalue weighted by Gasteiger charge is 2.19. The van der Waals surface area contributed by atoms with Crippen LogP contribution in [0.3, 0.4) is 0 Å². The van der Waals surface area contributed by atoms with Gasteiger partial charge in [-0.1, -0.05) is 12.1 Å². The number of hydrogen-bond donors (Lipinski definition) is 4. The van der Waals surface area contributed by atoms with E-state index in [9.17, 15) is 24.9 Å². The van der Waals surface area contributed by atoms with Crippen LogP contribution in [0.15, 0.2) is 47.5 Å². The lowest BCUT2D eigenvalue weighted by atomic mass is 9.99. The Labute approximate surface area is 160 Å². The fourth-order valence-electron chi connectivity index (χ4n) is 2.44. The van der Waals surface area contributed by atoms with E-state index in [4.69, 9.17) is 15.2 Å². The number of aromatic hydroxyl groups is 2. The summed E-state index contributed by atoms with van der Waals surface area (Å²) in [7, 11) is 2.71. The van der Waals surface area contributed by atoms with Crippen molar-refractivity contribution in [1.29, 1.82) is 0 Å². The standard InChI is InChI=1S/C20H19NO7/c1-27-17-9-11(3-5-15(17)22)7-13(19(21)24)14(20(25)26)8-12-4-6-16(23)18(10-12)28-2/h3-10,22-23H,1-2H3,(H2,21,24)(H,25,26)/b13-7-,14-8-. The van der Waals surface area contributed by atoms with Gasteiger partial charge in [0.1, 0.15) is 0 Å². The largest absolute Gasteiger partial charge is 0.504 e. The zero-order valence-corrected chi connectivity index (χ0v) is 15.2. The Morgan fingerprint density at radius 3 is 1.64 bits per heavy atom. The van der Waals surface area contributed by atoms with Gasteiger partial charge in [0.25, 0.3) is 0 Å². The summed E-state index contributed by atoms with van der Waals surface area (Å²) >= 11 is 0. The highest BCUT2D eigenvalue weighted by molar-refractivity contribution is 6.13. The summed E-state index contributed by atoms with van der Waals surface area (Å²) in [4.78, 5) is 23.7. The summed E-state index contributed by atoms with van der Waals surface area (Å²) in [5, 5.41) is 28.9. The van der Waals surface area contributed by atoms with Gasteiger partial charge >= 0.3 is 5.97 Å². The highest BCUT2D eigenvalue weighted by Crippen LogP contribution is 2.30. The average Bonchev–Trinajstić information content (AvgIpc) is 2.66. The molecule has 8 heteroatoms. The van der Waals surface area contributed by atoms with Crippen molar-refractivity contribution < 1.29 is 34.4 Å². The lowest BCUT2D eigenvalue weighted by Gasteiger charge is -2.09. The molecule has 0 spiro atoms. The van der Waals surface area contributed by atoms with E-state index >= 15 is 0 Å². The third-order valence-corrected chi connectivity index (χ3v) is 3.82. The van der Waals surface area contributed by atoms with Crippen molar-refractivity contribution in [2.24, 2.45) is 5.73 Å². The number of benzene rings is 2. The van der Waals surface area contributed by atoms with Crippen LogP contribution in [0.4, 0.5) is 0 Å². The van der Waals surface area contributed by atoms with Crippen molar-refractivity contribution in [1.82, 2.24) is 0 Å². The first-order chi connectivity index (χ1) is 13.3. The van der Waals surface area contributed by atoms with E-state index in [1.807, 2.05) is 0 Å². The number of ether oxygens (including phenoxy) is 2. The molecule has 0 aliphatic carbocycles. The Morgan fingerprint density at radius 1 is 0.857 bits per heavy atom. The smallest absolute Gasteiger partial charge is 0.336 e. The SMILES string of the molecule is COc1cc(/C=C(C(N)=O)/C(=C/c2ccc(O)c(OC)c2)C(=O)O)ccc1O. The molecule has 8 nitrogen and oxygen atoms in total. The third kappa shape index (κ3) is 4.61. The van der Waals surface area contributed by atoms with Gasteiger partial charge in [0.2, 0.25) is 5.91 Å². The number of carboxylic acid groups (broad SMARTS) is 1. The minimum absolute atomic E-state index is 0.106. The second kappa shape index (κ2) is 8.63. The molecule has 5 N–H and O–H groups in total. The molecule has 0 radical (unpaired) electrons. The summed E-state index contributed by atoms with van der Waals surface area (Å²) in [6.45, 7) is 0. The Kier molecular flexibility index (Phi) is 6.28. The van der Waals surface area contributed by atoms with Crippen molar-refractivity contribution in [2.75, 3.05) is 14.2 Å². The van der Waals surface area contributed by atoms with Gasteiger partial charge in [-0.25, -0.2) is 4.79 Å². The summed E-state index contributed by atoms with van der Waals surface area (Å²) < 4.78 is 10.0. The van der Waals surface area contributed by atoms with Crippen molar-refractivity contribution >= 4 is 24.0 Å². The molecule has 0 heterocycles. The molecule has 0 saturated carbocycles. The molecule has 0 aliphatic heterocycles. The number of carboxylic acids is 1. The number of aliphatic carboxylic acids is 1. The molecule has 0 bridgehead atoms. The molecule has 146 valence electrons. The molecule has 2 rings (SSSR count). The Morgan fingerprint density at radius 2 is 1.29 bits per heavy atom. The average molecular weight is 385 g/mol. The summed E-state index contributed by atoms with van der Waals surface area (Å²) in [6, 6.07) is 8.47. The first-order valence-electron chi connectivity index (χ1n) is 7.97. The maximum absolute atomic E-state index is 11.9. The van der Waals surface area contributed by atoms with Crippen LogP contribution in [0, 0.1) is 0 Å². The van der Waals surface area contributed by atoms with Crippen LogP contribution in [0.2, 0.25) is 0 Å². The molecule has 0 aliphatic rings. The maximum Gasteiger partial charge on any atom is 0.336 e. The van der Waals surface area contributed by atoms with Gasteiger partial charge < -0.3 is 30.5 Å². The van der Waals surface area contributed by atoms with E-state index in [2.05, 4.69) is 0 Å². The van der Waals surface area contributed by atoms with Crippen molar-refractivity contribution in [2.45, 2.75) is 0 Å². The summed E-state index contributed by atoms with van der Waals surface area (Å²) in [5.74, 6) is -2.24. The van der Waals surface area contributed by atoms with E-state index in [0.29, 0.717) is 11.1 Å². The van der Waals surface area contributed by atoms with Crippen LogP contribution in [-0.4, -0.2) is 41.4 Å². The number of phenols is 2. The number of carbonyl (C=O) groups is 2. The third-order valence-electron chi connectivity index (χ3n) is 3.82. The van der Waals surface area contributed by atoms with Crippen molar-refractivity contribution in [3.05, 3.63) is 58.7 Å². The van der Waals surface area contributed by atoms with Crippen LogP contribution in [0.25, 0.3) is 12.2 Å². The van der Waals surface area contributed by atoms with Crippen LogP contribution < -0.4 is 15.2 Å². The van der Waals surface area contributed by atoms with Gasteiger partial charge in [-0.05, 0) is 47.5 Å². The first kappa shape index (κ1) is 20.4. The first-order valence-corrected chi connectivity index (χ1v) is 7.97. The lowest BCUT2D eigenvalue weighted by molar-refractivity contribution is -0.132. The minimum Gasteiger partial charge on any atom is -0.504 e. The monoisotopic (exact) mass is 385 g/mol.